The molecule has 0 radical (unpaired) electrons. The minimum atomic E-state index is -0.608. The van der Waals surface area contributed by atoms with Crippen molar-refractivity contribution in [1.82, 2.24) is 15.1 Å². The highest BCUT2D eigenvalue weighted by atomic mass is 35.5. The number of rotatable bonds is 4. The van der Waals surface area contributed by atoms with Gasteiger partial charge in [-0.1, -0.05) is 24.4 Å². The van der Waals surface area contributed by atoms with Crippen LogP contribution in [0.25, 0.3) is 0 Å². The third-order valence-corrected chi connectivity index (χ3v) is 6.33. The summed E-state index contributed by atoms with van der Waals surface area (Å²) in [6.07, 6.45) is 3.63. The maximum Gasteiger partial charge on any atom is 0.248 e. The van der Waals surface area contributed by atoms with Crippen molar-refractivity contribution in [2.24, 2.45) is 0 Å². The number of aryl methyl sites for hydroxylation is 1. The fourth-order valence-electron chi connectivity index (χ4n) is 4.33. The normalized spacial score (nSPS) is 18.2. The monoisotopic (exact) mass is 424 g/mol. The van der Waals surface area contributed by atoms with Crippen LogP contribution < -0.4 is 10.2 Å². The van der Waals surface area contributed by atoms with Crippen LogP contribution in [-0.2, 0) is 4.79 Å². The van der Waals surface area contributed by atoms with Crippen molar-refractivity contribution in [2.75, 3.05) is 36.4 Å². The Bertz CT molecular complexity index is 957. The Morgan fingerprint density at radius 3 is 2.47 bits per heavy atom. The average molecular weight is 425 g/mol. The van der Waals surface area contributed by atoms with Crippen molar-refractivity contribution in [2.45, 2.75) is 38.1 Å². The highest BCUT2D eigenvalue weighted by molar-refractivity contribution is 6.32. The fourth-order valence-corrected chi connectivity index (χ4v) is 4.56. The van der Waals surface area contributed by atoms with Gasteiger partial charge < -0.3 is 15.1 Å². The van der Waals surface area contributed by atoms with E-state index in [0.717, 1.165) is 56.0 Å². The zero-order valence-corrected chi connectivity index (χ0v) is 17.8. The molecule has 2 fully saturated rings. The number of piperazine rings is 1. The van der Waals surface area contributed by atoms with Crippen LogP contribution in [0.15, 0.2) is 30.3 Å². The second kappa shape index (κ2) is 8.49. The molecule has 1 N–H and O–H groups in total. The minimum Gasteiger partial charge on any atom is -0.371 e. The molecule has 156 valence electrons. The number of nitrogens with zero attached hydrogens (tertiary/aromatic N) is 5. The lowest BCUT2D eigenvalue weighted by atomic mass is 9.94. The van der Waals surface area contributed by atoms with E-state index in [1.54, 1.807) is 12.1 Å². The average Bonchev–Trinajstić information content (AvgIpc) is 3.24. The summed E-state index contributed by atoms with van der Waals surface area (Å²) in [4.78, 5) is 17.7. The van der Waals surface area contributed by atoms with E-state index in [0.29, 0.717) is 23.7 Å². The van der Waals surface area contributed by atoms with Crippen molar-refractivity contribution in [3.05, 3.63) is 46.6 Å². The van der Waals surface area contributed by atoms with E-state index in [2.05, 4.69) is 26.5 Å². The summed E-state index contributed by atoms with van der Waals surface area (Å²) in [6, 6.07) is 11.3. The van der Waals surface area contributed by atoms with Crippen molar-refractivity contribution in [3.8, 4) is 6.07 Å². The van der Waals surface area contributed by atoms with E-state index >= 15 is 0 Å². The van der Waals surface area contributed by atoms with Gasteiger partial charge in [-0.25, -0.2) is 0 Å². The van der Waals surface area contributed by atoms with Crippen LogP contribution in [-0.4, -0.2) is 52.7 Å². The topological polar surface area (TPSA) is 85.1 Å². The molecule has 1 amide bonds. The molecule has 0 spiro atoms. The zero-order valence-electron chi connectivity index (χ0n) is 17.1. The van der Waals surface area contributed by atoms with Crippen LogP contribution in [0, 0.1) is 18.3 Å². The number of halogens is 1. The molecule has 1 aromatic heterocycles. The van der Waals surface area contributed by atoms with Gasteiger partial charge in [0.05, 0.1) is 16.3 Å². The van der Waals surface area contributed by atoms with Gasteiger partial charge in [-0.2, -0.15) is 10.4 Å². The summed E-state index contributed by atoms with van der Waals surface area (Å²) in [6.45, 7) is 4.71. The smallest absolute Gasteiger partial charge is 0.248 e. The number of nitrogens with one attached hydrogen (secondary N) is 1. The first kappa shape index (κ1) is 20.4. The predicted octanol–water partition coefficient (Wildman–Crippen LogP) is 3.38. The minimum absolute atomic E-state index is 0.148. The Hall–Kier alpha value is -2.85. The van der Waals surface area contributed by atoms with Gasteiger partial charge in [0.15, 0.2) is 5.82 Å². The van der Waals surface area contributed by atoms with Crippen LogP contribution in [0.3, 0.4) is 0 Å². The summed E-state index contributed by atoms with van der Waals surface area (Å²) >= 11 is 6.20. The van der Waals surface area contributed by atoms with Crippen molar-refractivity contribution < 1.29 is 4.79 Å². The first-order chi connectivity index (χ1) is 14.5. The number of hydrogen-bond acceptors (Lipinski definition) is 6. The molecule has 1 aliphatic carbocycles. The Balaban J connectivity index is 1.46. The van der Waals surface area contributed by atoms with Crippen molar-refractivity contribution >= 4 is 29.0 Å². The maximum atomic E-state index is 13.6. The quantitative estimate of drug-likeness (QED) is 0.809. The predicted molar refractivity (Wildman–Crippen MR) is 117 cm³/mol. The van der Waals surface area contributed by atoms with Gasteiger partial charge in [0.25, 0.3) is 0 Å². The molecule has 1 aromatic carbocycles. The lowest BCUT2D eigenvalue weighted by molar-refractivity contribution is -0.136. The number of carbonyl (C=O) groups excluding carboxylic acids is 1. The second-order valence-electron chi connectivity index (χ2n) is 8.03. The SMILES string of the molecule is Cc1ccc(N2CCN(C(=O)C3(Nc4ccc(C#N)c(Cl)c4)CCCC3)CC2)nn1. The summed E-state index contributed by atoms with van der Waals surface area (Å²) in [5, 5.41) is 21.4. The molecular weight excluding hydrogens is 400 g/mol. The number of aromatic nitrogens is 2. The van der Waals surface area contributed by atoms with Gasteiger partial charge in [-0.15, -0.1) is 5.10 Å². The molecule has 0 unspecified atom stereocenters. The third-order valence-electron chi connectivity index (χ3n) is 6.01. The van der Waals surface area contributed by atoms with Gasteiger partial charge >= 0.3 is 0 Å². The molecule has 30 heavy (non-hydrogen) atoms. The highest BCUT2D eigenvalue weighted by Crippen LogP contribution is 2.36. The molecule has 2 aliphatic rings. The molecule has 0 atom stereocenters. The summed E-state index contributed by atoms with van der Waals surface area (Å²) in [7, 11) is 0. The van der Waals surface area contributed by atoms with Crippen molar-refractivity contribution in [1.29, 1.82) is 5.26 Å². The second-order valence-corrected chi connectivity index (χ2v) is 8.44. The summed E-state index contributed by atoms with van der Waals surface area (Å²) < 4.78 is 0. The van der Waals surface area contributed by atoms with Crippen LogP contribution >= 0.6 is 11.6 Å². The number of carbonyl (C=O) groups is 1. The van der Waals surface area contributed by atoms with E-state index in [1.165, 1.54) is 0 Å². The number of hydrogen-bond donors (Lipinski definition) is 1. The molecule has 2 aromatic rings. The van der Waals surface area contributed by atoms with Gasteiger partial charge in [0.1, 0.15) is 11.6 Å². The van der Waals surface area contributed by atoms with Gasteiger partial charge in [0, 0.05) is 31.9 Å². The molecule has 4 rings (SSSR count). The van der Waals surface area contributed by atoms with Crippen LogP contribution in [0.2, 0.25) is 5.02 Å². The lowest BCUT2D eigenvalue weighted by Crippen LogP contribution is -2.57. The van der Waals surface area contributed by atoms with Gasteiger partial charge in [-0.05, 0) is 50.1 Å². The maximum absolute atomic E-state index is 13.6. The molecule has 1 saturated carbocycles. The Kier molecular flexibility index (Phi) is 5.78. The third kappa shape index (κ3) is 4.05. The van der Waals surface area contributed by atoms with Crippen molar-refractivity contribution in [3.63, 3.8) is 0 Å². The van der Waals surface area contributed by atoms with Crippen LogP contribution in [0.4, 0.5) is 11.5 Å². The number of nitriles is 1. The largest absolute Gasteiger partial charge is 0.371 e. The Morgan fingerprint density at radius 1 is 1.13 bits per heavy atom. The summed E-state index contributed by atoms with van der Waals surface area (Å²) in [5.41, 5.74) is 1.50. The lowest BCUT2D eigenvalue weighted by Gasteiger charge is -2.40. The summed E-state index contributed by atoms with van der Waals surface area (Å²) in [5.74, 6) is 1.00. The van der Waals surface area contributed by atoms with Gasteiger partial charge in [0.2, 0.25) is 5.91 Å². The van der Waals surface area contributed by atoms with E-state index in [-0.39, 0.29) is 5.91 Å². The standard InChI is InChI=1S/C22H25ClN6O/c1-16-4-7-20(27-26-16)28-10-12-29(13-11-28)21(30)22(8-2-3-9-22)25-18-6-5-17(15-24)19(23)14-18/h4-7,14,25H,2-3,8-13H2,1H3. The molecule has 1 saturated heterocycles. The molecule has 2 heterocycles. The molecule has 8 heteroatoms. The number of benzene rings is 1. The number of anilines is 2. The van der Waals surface area contributed by atoms with E-state index in [9.17, 15) is 4.79 Å². The van der Waals surface area contributed by atoms with Gasteiger partial charge in [-0.3, -0.25) is 4.79 Å². The first-order valence-corrected chi connectivity index (χ1v) is 10.7. The molecule has 0 bridgehead atoms. The molecular formula is C22H25ClN6O. The molecule has 1 aliphatic heterocycles. The van der Waals surface area contributed by atoms with E-state index in [4.69, 9.17) is 16.9 Å². The highest BCUT2D eigenvalue weighted by Gasteiger charge is 2.44. The zero-order chi connectivity index (χ0) is 21.1. The Labute approximate surface area is 181 Å². The van der Waals surface area contributed by atoms with Crippen LogP contribution in [0.1, 0.15) is 36.9 Å². The number of amides is 1. The fraction of sp³-hybridized carbons (Fsp3) is 0.455. The van der Waals surface area contributed by atoms with E-state index < -0.39 is 5.54 Å². The van der Waals surface area contributed by atoms with E-state index in [1.807, 2.05) is 30.0 Å². The molecule has 7 nitrogen and oxygen atoms in total. The first-order valence-electron chi connectivity index (χ1n) is 10.3. The Morgan fingerprint density at radius 2 is 1.87 bits per heavy atom. The van der Waals surface area contributed by atoms with Crippen LogP contribution in [0.5, 0.6) is 0 Å².